The van der Waals surface area contributed by atoms with Gasteiger partial charge in [0.15, 0.2) is 0 Å². The molecule has 4 aromatic rings. The maximum Gasteiger partial charge on any atom is 0.272 e. The summed E-state index contributed by atoms with van der Waals surface area (Å²) in [6.07, 6.45) is 3.09. The Kier molecular flexibility index (Phi) is 3.46. The van der Waals surface area contributed by atoms with Gasteiger partial charge in [0.1, 0.15) is 5.52 Å². The first-order chi connectivity index (χ1) is 11.3. The Labute approximate surface area is 135 Å². The first-order valence-corrected chi connectivity index (χ1v) is 8.02. The predicted molar refractivity (Wildman–Crippen MR) is 95.6 cm³/mol. The van der Waals surface area contributed by atoms with Crippen molar-refractivity contribution >= 4 is 27.6 Å². The summed E-state index contributed by atoms with van der Waals surface area (Å²) >= 11 is 0. The lowest BCUT2D eigenvalue weighted by atomic mass is 10.1. The van der Waals surface area contributed by atoms with Crippen LogP contribution in [0.2, 0.25) is 0 Å². The van der Waals surface area contributed by atoms with Crippen molar-refractivity contribution in [1.29, 1.82) is 0 Å². The summed E-state index contributed by atoms with van der Waals surface area (Å²) in [5, 5.41) is 6.10. The SMILES string of the molecule is C[C@H](Cc1c[nH]c2ccccc12)Nc1ccc2ccccc2[nH+]1. The Morgan fingerprint density at radius 2 is 1.83 bits per heavy atom. The quantitative estimate of drug-likeness (QED) is 0.583. The third kappa shape index (κ3) is 2.78. The topological polar surface area (TPSA) is 42.0 Å². The molecule has 0 saturated carbocycles. The lowest BCUT2D eigenvalue weighted by Crippen LogP contribution is -2.23. The molecule has 0 unspecified atom stereocenters. The van der Waals surface area contributed by atoms with Crippen molar-refractivity contribution in [3.63, 3.8) is 0 Å². The van der Waals surface area contributed by atoms with E-state index in [-0.39, 0.29) is 0 Å². The fraction of sp³-hybridized carbons (Fsp3) is 0.150. The van der Waals surface area contributed by atoms with E-state index in [1.165, 1.54) is 21.9 Å². The highest BCUT2D eigenvalue weighted by atomic mass is 15.0. The lowest BCUT2D eigenvalue weighted by Gasteiger charge is -2.09. The summed E-state index contributed by atoms with van der Waals surface area (Å²) in [4.78, 5) is 6.80. The van der Waals surface area contributed by atoms with Gasteiger partial charge in [-0.1, -0.05) is 36.4 Å². The summed E-state index contributed by atoms with van der Waals surface area (Å²) < 4.78 is 0. The minimum atomic E-state index is 0.339. The molecule has 4 rings (SSSR count). The van der Waals surface area contributed by atoms with Gasteiger partial charge in [0, 0.05) is 35.0 Å². The van der Waals surface area contributed by atoms with Gasteiger partial charge in [-0.2, -0.15) is 0 Å². The fourth-order valence-corrected chi connectivity index (χ4v) is 3.15. The summed E-state index contributed by atoms with van der Waals surface area (Å²) in [6.45, 7) is 2.21. The fourth-order valence-electron chi connectivity index (χ4n) is 3.15. The smallest absolute Gasteiger partial charge is 0.272 e. The molecule has 3 nitrogen and oxygen atoms in total. The van der Waals surface area contributed by atoms with Crippen molar-refractivity contribution in [1.82, 2.24) is 4.98 Å². The molecule has 0 saturated heterocycles. The van der Waals surface area contributed by atoms with Gasteiger partial charge in [-0.25, -0.2) is 4.98 Å². The highest BCUT2D eigenvalue weighted by Crippen LogP contribution is 2.20. The van der Waals surface area contributed by atoms with Crippen LogP contribution in [0, 0.1) is 0 Å². The number of anilines is 1. The van der Waals surface area contributed by atoms with Crippen molar-refractivity contribution in [2.75, 3.05) is 5.32 Å². The van der Waals surface area contributed by atoms with Crippen LogP contribution in [0.1, 0.15) is 12.5 Å². The number of aromatic amines is 2. The second-order valence-electron chi connectivity index (χ2n) is 6.07. The summed E-state index contributed by atoms with van der Waals surface area (Å²) in [5.74, 6) is 1.05. The summed E-state index contributed by atoms with van der Waals surface area (Å²) in [7, 11) is 0. The molecule has 0 bridgehead atoms. The zero-order valence-electron chi connectivity index (χ0n) is 13.1. The van der Waals surface area contributed by atoms with Crippen LogP contribution >= 0.6 is 0 Å². The van der Waals surface area contributed by atoms with E-state index in [9.17, 15) is 0 Å². The first-order valence-electron chi connectivity index (χ1n) is 8.02. The molecular weight excluding hydrogens is 282 g/mol. The number of pyridine rings is 1. The molecular formula is C20H20N3+. The second-order valence-corrected chi connectivity index (χ2v) is 6.07. The van der Waals surface area contributed by atoms with Gasteiger partial charge >= 0.3 is 0 Å². The van der Waals surface area contributed by atoms with Crippen molar-refractivity contribution < 1.29 is 4.98 Å². The Bertz CT molecular complexity index is 955. The lowest BCUT2D eigenvalue weighted by molar-refractivity contribution is -0.327. The van der Waals surface area contributed by atoms with Gasteiger partial charge in [0.25, 0.3) is 5.82 Å². The van der Waals surface area contributed by atoms with E-state index in [0.717, 1.165) is 17.8 Å². The number of aromatic nitrogens is 2. The Morgan fingerprint density at radius 3 is 2.78 bits per heavy atom. The minimum absolute atomic E-state index is 0.339. The highest BCUT2D eigenvalue weighted by molar-refractivity contribution is 5.83. The molecule has 0 aliphatic heterocycles. The molecule has 0 fully saturated rings. The number of para-hydroxylation sites is 2. The summed E-state index contributed by atoms with van der Waals surface area (Å²) in [6, 6.07) is 21.4. The van der Waals surface area contributed by atoms with Crippen LogP contribution in [0.4, 0.5) is 5.82 Å². The van der Waals surface area contributed by atoms with Crippen molar-refractivity contribution in [3.8, 4) is 0 Å². The molecule has 2 aromatic carbocycles. The average molecular weight is 302 g/mol. The second kappa shape index (κ2) is 5.76. The zero-order chi connectivity index (χ0) is 15.6. The highest BCUT2D eigenvalue weighted by Gasteiger charge is 2.13. The van der Waals surface area contributed by atoms with E-state index in [4.69, 9.17) is 0 Å². The van der Waals surface area contributed by atoms with E-state index < -0.39 is 0 Å². The van der Waals surface area contributed by atoms with Crippen LogP contribution in [-0.4, -0.2) is 11.0 Å². The third-order valence-electron chi connectivity index (χ3n) is 4.26. The number of hydrogen-bond donors (Lipinski definition) is 2. The van der Waals surface area contributed by atoms with Crippen LogP contribution in [0.5, 0.6) is 0 Å². The van der Waals surface area contributed by atoms with E-state index in [1.807, 2.05) is 0 Å². The van der Waals surface area contributed by atoms with E-state index in [2.05, 4.69) is 89.1 Å². The Hall–Kier alpha value is -2.81. The molecule has 0 aliphatic rings. The van der Waals surface area contributed by atoms with Crippen LogP contribution in [0.15, 0.2) is 66.9 Å². The maximum absolute atomic E-state index is 3.57. The number of benzene rings is 2. The molecule has 0 spiro atoms. The maximum atomic E-state index is 3.57. The average Bonchev–Trinajstić information content (AvgIpc) is 2.98. The van der Waals surface area contributed by atoms with Gasteiger partial charge in [-0.15, -0.1) is 0 Å². The van der Waals surface area contributed by atoms with E-state index >= 15 is 0 Å². The molecule has 2 aromatic heterocycles. The molecule has 0 amide bonds. The zero-order valence-corrected chi connectivity index (χ0v) is 13.1. The van der Waals surface area contributed by atoms with Gasteiger partial charge in [-0.05, 0) is 30.7 Å². The number of H-pyrrole nitrogens is 2. The molecule has 3 N–H and O–H groups in total. The molecule has 1 atom stereocenters. The Balaban J connectivity index is 1.53. The van der Waals surface area contributed by atoms with E-state index in [0.29, 0.717) is 6.04 Å². The van der Waals surface area contributed by atoms with Crippen molar-refractivity contribution in [3.05, 3.63) is 72.4 Å². The monoisotopic (exact) mass is 302 g/mol. The van der Waals surface area contributed by atoms with Gasteiger partial charge in [0.05, 0.1) is 6.04 Å². The molecule has 0 radical (unpaired) electrons. The van der Waals surface area contributed by atoms with Crippen LogP contribution in [0.3, 0.4) is 0 Å². The minimum Gasteiger partial charge on any atom is -0.361 e. The normalized spacial score (nSPS) is 12.6. The van der Waals surface area contributed by atoms with Gasteiger partial charge in [-0.3, -0.25) is 5.32 Å². The standard InChI is InChI=1S/C20H19N3/c1-14(12-16-13-21-19-9-5-3-7-17(16)19)22-20-11-10-15-6-2-4-8-18(15)23-20/h2-11,13-14,21H,12H2,1H3,(H,22,23)/p+1/t14-/m1/s1. The van der Waals surface area contributed by atoms with Crippen molar-refractivity contribution in [2.45, 2.75) is 19.4 Å². The number of hydrogen-bond acceptors (Lipinski definition) is 1. The van der Waals surface area contributed by atoms with Crippen LogP contribution < -0.4 is 10.3 Å². The molecule has 23 heavy (non-hydrogen) atoms. The predicted octanol–water partition coefficient (Wildman–Crippen LogP) is 4.18. The Morgan fingerprint density at radius 1 is 1.00 bits per heavy atom. The van der Waals surface area contributed by atoms with E-state index in [1.54, 1.807) is 0 Å². The van der Waals surface area contributed by atoms with Crippen LogP contribution in [0.25, 0.3) is 21.8 Å². The number of fused-ring (bicyclic) bond motifs is 2. The third-order valence-corrected chi connectivity index (χ3v) is 4.26. The van der Waals surface area contributed by atoms with Gasteiger partial charge < -0.3 is 4.98 Å². The molecule has 3 heteroatoms. The van der Waals surface area contributed by atoms with Gasteiger partial charge in [0.2, 0.25) is 0 Å². The van der Waals surface area contributed by atoms with Crippen molar-refractivity contribution in [2.24, 2.45) is 0 Å². The number of rotatable bonds is 4. The number of nitrogens with one attached hydrogen (secondary N) is 3. The molecule has 0 aliphatic carbocycles. The molecule has 2 heterocycles. The summed E-state index contributed by atoms with van der Waals surface area (Å²) in [5.41, 5.74) is 3.70. The first kappa shape index (κ1) is 13.8. The van der Waals surface area contributed by atoms with Crippen LogP contribution in [-0.2, 0) is 6.42 Å². The largest absolute Gasteiger partial charge is 0.361 e. The molecule has 114 valence electrons.